The summed E-state index contributed by atoms with van der Waals surface area (Å²) in [5, 5.41) is 12.0. The van der Waals surface area contributed by atoms with E-state index in [1.807, 2.05) is 0 Å². The molecule has 6 nitrogen and oxygen atoms in total. The topological polar surface area (TPSA) is 86.7 Å². The van der Waals surface area contributed by atoms with E-state index < -0.39 is 12.0 Å². The zero-order valence-corrected chi connectivity index (χ0v) is 12.5. The zero-order valence-electron chi connectivity index (χ0n) is 12.5. The van der Waals surface area contributed by atoms with Gasteiger partial charge in [-0.2, -0.15) is 0 Å². The number of carbonyl (C=O) groups excluding carboxylic acids is 2. The van der Waals surface area contributed by atoms with E-state index in [0.717, 1.165) is 32.1 Å². The molecule has 2 amide bonds. The van der Waals surface area contributed by atoms with Gasteiger partial charge in [-0.3, -0.25) is 9.59 Å². The molecule has 1 saturated heterocycles. The summed E-state index contributed by atoms with van der Waals surface area (Å²) in [6.07, 6.45) is 5.47. The summed E-state index contributed by atoms with van der Waals surface area (Å²) in [7, 11) is 0. The van der Waals surface area contributed by atoms with Crippen molar-refractivity contribution in [2.24, 2.45) is 5.92 Å². The van der Waals surface area contributed by atoms with Crippen molar-refractivity contribution in [1.82, 2.24) is 10.2 Å². The van der Waals surface area contributed by atoms with Gasteiger partial charge in [0.25, 0.3) is 0 Å². The van der Waals surface area contributed by atoms with Gasteiger partial charge in [-0.05, 0) is 32.6 Å². The summed E-state index contributed by atoms with van der Waals surface area (Å²) >= 11 is 0. The number of carboxylic acid groups (broad SMARTS) is 1. The lowest BCUT2D eigenvalue weighted by molar-refractivity contribution is -0.148. The van der Waals surface area contributed by atoms with E-state index in [4.69, 9.17) is 5.11 Å². The van der Waals surface area contributed by atoms with Crippen molar-refractivity contribution in [2.75, 3.05) is 6.54 Å². The van der Waals surface area contributed by atoms with Gasteiger partial charge in [0.15, 0.2) is 0 Å². The van der Waals surface area contributed by atoms with Crippen molar-refractivity contribution in [2.45, 2.75) is 64.0 Å². The van der Waals surface area contributed by atoms with Crippen LogP contribution in [0.15, 0.2) is 0 Å². The van der Waals surface area contributed by atoms with Crippen molar-refractivity contribution in [3.63, 3.8) is 0 Å². The van der Waals surface area contributed by atoms with Crippen molar-refractivity contribution in [1.29, 1.82) is 0 Å². The number of carbonyl (C=O) groups is 3. The maximum absolute atomic E-state index is 12.2. The second kappa shape index (κ2) is 6.91. The summed E-state index contributed by atoms with van der Waals surface area (Å²) < 4.78 is 0. The number of nitrogens with one attached hydrogen (secondary N) is 1. The minimum Gasteiger partial charge on any atom is -0.480 e. The Labute approximate surface area is 124 Å². The molecule has 1 heterocycles. The third-order valence-electron chi connectivity index (χ3n) is 4.45. The van der Waals surface area contributed by atoms with Gasteiger partial charge in [0.05, 0.1) is 0 Å². The van der Waals surface area contributed by atoms with Crippen LogP contribution in [0.4, 0.5) is 0 Å². The SMILES string of the molecule is CC(CC(=O)N1CCC[C@H]1C(=O)O)NC(=O)C1CCCC1. The Morgan fingerprint density at radius 3 is 2.48 bits per heavy atom. The fourth-order valence-corrected chi connectivity index (χ4v) is 3.30. The normalized spacial score (nSPS) is 24.0. The summed E-state index contributed by atoms with van der Waals surface area (Å²) in [4.78, 5) is 36.7. The van der Waals surface area contributed by atoms with Crippen LogP contribution in [-0.4, -0.2) is 46.4 Å². The third-order valence-corrected chi connectivity index (χ3v) is 4.45. The lowest BCUT2D eigenvalue weighted by Gasteiger charge is -2.24. The molecule has 0 aromatic rings. The van der Waals surface area contributed by atoms with Crippen LogP contribution in [0.1, 0.15) is 51.9 Å². The first-order valence-corrected chi connectivity index (χ1v) is 7.81. The minimum atomic E-state index is -0.941. The molecular weight excluding hydrogens is 272 g/mol. The van der Waals surface area contributed by atoms with Crippen LogP contribution in [0, 0.1) is 5.92 Å². The highest BCUT2D eigenvalue weighted by Gasteiger charge is 2.34. The van der Waals surface area contributed by atoms with Crippen molar-refractivity contribution in [3.05, 3.63) is 0 Å². The van der Waals surface area contributed by atoms with Crippen LogP contribution in [-0.2, 0) is 14.4 Å². The number of amides is 2. The predicted octanol–water partition coefficient (Wildman–Crippen LogP) is 1.15. The molecule has 0 radical (unpaired) electrons. The molecule has 2 aliphatic rings. The summed E-state index contributed by atoms with van der Waals surface area (Å²) in [6, 6.07) is -0.948. The van der Waals surface area contributed by atoms with E-state index in [-0.39, 0.29) is 30.2 Å². The molecule has 1 aliphatic heterocycles. The van der Waals surface area contributed by atoms with Crippen LogP contribution in [0.25, 0.3) is 0 Å². The highest BCUT2D eigenvalue weighted by atomic mass is 16.4. The molecule has 0 aromatic carbocycles. The van der Waals surface area contributed by atoms with E-state index in [2.05, 4.69) is 5.32 Å². The van der Waals surface area contributed by atoms with Gasteiger partial charge in [0.1, 0.15) is 6.04 Å². The highest BCUT2D eigenvalue weighted by Crippen LogP contribution is 2.25. The van der Waals surface area contributed by atoms with Gasteiger partial charge in [0.2, 0.25) is 11.8 Å². The largest absolute Gasteiger partial charge is 0.480 e. The molecule has 0 bridgehead atoms. The van der Waals surface area contributed by atoms with Crippen LogP contribution in [0.5, 0.6) is 0 Å². The first-order chi connectivity index (χ1) is 9.99. The Hall–Kier alpha value is -1.59. The fourth-order valence-electron chi connectivity index (χ4n) is 3.30. The first-order valence-electron chi connectivity index (χ1n) is 7.81. The standard InChI is InChI=1S/C15H24N2O4/c1-10(16-14(19)11-5-2-3-6-11)9-13(18)17-8-4-7-12(17)15(20)21/h10-12H,2-9H2,1H3,(H,16,19)(H,20,21)/t10?,12-/m0/s1. The lowest BCUT2D eigenvalue weighted by atomic mass is 10.1. The molecule has 2 fully saturated rings. The van der Waals surface area contributed by atoms with Crippen molar-refractivity contribution in [3.8, 4) is 0 Å². The van der Waals surface area contributed by atoms with Crippen LogP contribution in [0.3, 0.4) is 0 Å². The molecule has 21 heavy (non-hydrogen) atoms. The van der Waals surface area contributed by atoms with E-state index in [0.29, 0.717) is 13.0 Å². The molecule has 0 aromatic heterocycles. The molecule has 0 spiro atoms. The number of aliphatic carboxylic acids is 1. The zero-order chi connectivity index (χ0) is 15.4. The summed E-state index contributed by atoms with van der Waals surface area (Å²) in [6.45, 7) is 2.30. The van der Waals surface area contributed by atoms with Crippen LogP contribution < -0.4 is 5.32 Å². The van der Waals surface area contributed by atoms with E-state index >= 15 is 0 Å². The van der Waals surface area contributed by atoms with Gasteiger partial charge in [-0.15, -0.1) is 0 Å². The van der Waals surface area contributed by atoms with Crippen LogP contribution >= 0.6 is 0 Å². The highest BCUT2D eigenvalue weighted by molar-refractivity contribution is 5.85. The smallest absolute Gasteiger partial charge is 0.326 e. The molecule has 1 unspecified atom stereocenters. The van der Waals surface area contributed by atoms with Crippen molar-refractivity contribution >= 4 is 17.8 Å². The lowest BCUT2D eigenvalue weighted by Crippen LogP contribution is -2.44. The number of hydrogen-bond donors (Lipinski definition) is 2. The predicted molar refractivity (Wildman–Crippen MR) is 76.6 cm³/mol. The molecule has 2 atom stereocenters. The van der Waals surface area contributed by atoms with E-state index in [9.17, 15) is 14.4 Å². The Kier molecular flexibility index (Phi) is 5.20. The Morgan fingerprint density at radius 1 is 1.19 bits per heavy atom. The average molecular weight is 296 g/mol. The quantitative estimate of drug-likeness (QED) is 0.796. The molecule has 118 valence electrons. The molecule has 1 saturated carbocycles. The number of nitrogens with zero attached hydrogens (tertiary/aromatic N) is 1. The van der Waals surface area contributed by atoms with Crippen molar-refractivity contribution < 1.29 is 19.5 Å². The van der Waals surface area contributed by atoms with E-state index in [1.54, 1.807) is 6.92 Å². The third kappa shape index (κ3) is 3.95. The second-order valence-corrected chi connectivity index (χ2v) is 6.18. The number of likely N-dealkylation sites (tertiary alicyclic amines) is 1. The Bertz CT molecular complexity index is 418. The molecule has 2 rings (SSSR count). The fraction of sp³-hybridized carbons (Fsp3) is 0.800. The molecule has 2 N–H and O–H groups in total. The molecule has 6 heteroatoms. The Morgan fingerprint density at radius 2 is 1.86 bits per heavy atom. The first kappa shape index (κ1) is 15.8. The Balaban J connectivity index is 1.81. The number of rotatable bonds is 5. The molecular formula is C15H24N2O4. The molecule has 1 aliphatic carbocycles. The minimum absolute atomic E-state index is 0.0315. The maximum atomic E-state index is 12.2. The average Bonchev–Trinajstić information content (AvgIpc) is 3.10. The maximum Gasteiger partial charge on any atom is 0.326 e. The van der Waals surface area contributed by atoms with Gasteiger partial charge >= 0.3 is 5.97 Å². The van der Waals surface area contributed by atoms with Gasteiger partial charge in [0, 0.05) is 24.9 Å². The van der Waals surface area contributed by atoms with E-state index in [1.165, 1.54) is 4.90 Å². The van der Waals surface area contributed by atoms with Gasteiger partial charge in [-0.1, -0.05) is 12.8 Å². The van der Waals surface area contributed by atoms with Gasteiger partial charge < -0.3 is 15.3 Å². The van der Waals surface area contributed by atoms with Gasteiger partial charge in [-0.25, -0.2) is 4.79 Å². The number of hydrogen-bond acceptors (Lipinski definition) is 3. The monoisotopic (exact) mass is 296 g/mol. The summed E-state index contributed by atoms with van der Waals surface area (Å²) in [5.74, 6) is -1.01. The van der Waals surface area contributed by atoms with Crippen LogP contribution in [0.2, 0.25) is 0 Å². The number of carboxylic acids is 1. The summed E-state index contributed by atoms with van der Waals surface area (Å²) in [5.41, 5.74) is 0. The second-order valence-electron chi connectivity index (χ2n) is 6.18.